The summed E-state index contributed by atoms with van der Waals surface area (Å²) in [6.45, 7) is 3.06. The summed E-state index contributed by atoms with van der Waals surface area (Å²) in [5.41, 5.74) is 2.57. The molecule has 1 atom stereocenters. The van der Waals surface area contributed by atoms with E-state index in [1.807, 2.05) is 24.1 Å². The second-order valence-electron chi connectivity index (χ2n) is 4.27. The third kappa shape index (κ3) is 3.17. The summed E-state index contributed by atoms with van der Waals surface area (Å²) in [7, 11) is 1.94. The highest BCUT2D eigenvalue weighted by atomic mass is 15.2. The van der Waals surface area contributed by atoms with E-state index in [1.165, 1.54) is 11.1 Å². The summed E-state index contributed by atoms with van der Waals surface area (Å²) in [4.78, 5) is 0. The first-order valence-corrected chi connectivity index (χ1v) is 6.05. The number of hydrogen-bond acceptors (Lipinski definition) is 2. The van der Waals surface area contributed by atoms with Crippen molar-refractivity contribution in [3.63, 3.8) is 0 Å². The zero-order valence-corrected chi connectivity index (χ0v) is 10.4. The van der Waals surface area contributed by atoms with Crippen LogP contribution in [0.15, 0.2) is 42.7 Å². The summed E-state index contributed by atoms with van der Waals surface area (Å²) < 4.78 is 1.83. The SMILES string of the molecule is CCC(NCc1cnn(C)c1)c1ccccc1. The van der Waals surface area contributed by atoms with E-state index < -0.39 is 0 Å². The Bertz CT molecular complexity index is 448. The van der Waals surface area contributed by atoms with Gasteiger partial charge in [0.1, 0.15) is 0 Å². The van der Waals surface area contributed by atoms with Crippen LogP contribution in [0.3, 0.4) is 0 Å². The molecule has 0 fully saturated rings. The van der Waals surface area contributed by atoms with E-state index in [2.05, 4.69) is 47.7 Å². The molecule has 90 valence electrons. The number of hydrogen-bond donors (Lipinski definition) is 1. The molecule has 0 aliphatic heterocycles. The first-order chi connectivity index (χ1) is 8.29. The molecule has 1 unspecified atom stereocenters. The van der Waals surface area contributed by atoms with Crippen LogP contribution in [0.5, 0.6) is 0 Å². The Morgan fingerprint density at radius 1 is 1.29 bits per heavy atom. The van der Waals surface area contributed by atoms with Crippen LogP contribution in [0, 0.1) is 0 Å². The molecular formula is C14H19N3. The van der Waals surface area contributed by atoms with Crippen LogP contribution in [-0.4, -0.2) is 9.78 Å². The van der Waals surface area contributed by atoms with E-state index >= 15 is 0 Å². The highest BCUT2D eigenvalue weighted by molar-refractivity contribution is 5.19. The molecule has 0 saturated carbocycles. The van der Waals surface area contributed by atoms with Gasteiger partial charge >= 0.3 is 0 Å². The van der Waals surface area contributed by atoms with Gasteiger partial charge in [0, 0.05) is 31.4 Å². The summed E-state index contributed by atoms with van der Waals surface area (Å²) in [6.07, 6.45) is 5.04. The van der Waals surface area contributed by atoms with Gasteiger partial charge in [-0.1, -0.05) is 37.3 Å². The predicted molar refractivity (Wildman–Crippen MR) is 69.5 cm³/mol. The quantitative estimate of drug-likeness (QED) is 0.854. The van der Waals surface area contributed by atoms with Crippen molar-refractivity contribution >= 4 is 0 Å². The lowest BCUT2D eigenvalue weighted by molar-refractivity contribution is 0.519. The summed E-state index contributed by atoms with van der Waals surface area (Å²) >= 11 is 0. The Morgan fingerprint density at radius 3 is 2.65 bits per heavy atom. The lowest BCUT2D eigenvalue weighted by Gasteiger charge is -2.16. The van der Waals surface area contributed by atoms with E-state index in [0.29, 0.717) is 6.04 Å². The summed E-state index contributed by atoms with van der Waals surface area (Å²) in [5, 5.41) is 7.73. The molecule has 0 amide bonds. The van der Waals surface area contributed by atoms with Crippen molar-refractivity contribution in [2.75, 3.05) is 0 Å². The van der Waals surface area contributed by atoms with Crippen LogP contribution >= 0.6 is 0 Å². The highest BCUT2D eigenvalue weighted by Gasteiger charge is 2.08. The maximum Gasteiger partial charge on any atom is 0.0534 e. The van der Waals surface area contributed by atoms with Gasteiger partial charge in [0.25, 0.3) is 0 Å². The van der Waals surface area contributed by atoms with Gasteiger partial charge in [-0.05, 0) is 12.0 Å². The van der Waals surface area contributed by atoms with E-state index in [-0.39, 0.29) is 0 Å². The molecule has 3 nitrogen and oxygen atoms in total. The van der Waals surface area contributed by atoms with Crippen molar-refractivity contribution in [2.45, 2.75) is 25.9 Å². The normalized spacial score (nSPS) is 12.6. The minimum absolute atomic E-state index is 0.413. The van der Waals surface area contributed by atoms with Crippen LogP contribution in [0.4, 0.5) is 0 Å². The van der Waals surface area contributed by atoms with Gasteiger partial charge in [-0.3, -0.25) is 4.68 Å². The number of aryl methyl sites for hydroxylation is 1. The average molecular weight is 229 g/mol. The van der Waals surface area contributed by atoms with Crippen LogP contribution < -0.4 is 5.32 Å². The standard InChI is InChI=1S/C14H19N3/c1-3-14(13-7-5-4-6-8-13)15-9-12-10-16-17(2)11-12/h4-8,10-11,14-15H,3,9H2,1-2H3. The van der Waals surface area contributed by atoms with Crippen molar-refractivity contribution in [1.82, 2.24) is 15.1 Å². The van der Waals surface area contributed by atoms with Crippen LogP contribution in [-0.2, 0) is 13.6 Å². The Hall–Kier alpha value is -1.61. The monoisotopic (exact) mass is 229 g/mol. The molecule has 2 rings (SSSR count). The molecule has 2 aromatic rings. The van der Waals surface area contributed by atoms with E-state index in [4.69, 9.17) is 0 Å². The van der Waals surface area contributed by atoms with Crippen molar-refractivity contribution in [3.05, 3.63) is 53.9 Å². The lowest BCUT2D eigenvalue weighted by atomic mass is 10.0. The van der Waals surface area contributed by atoms with Crippen molar-refractivity contribution < 1.29 is 0 Å². The van der Waals surface area contributed by atoms with Crippen molar-refractivity contribution in [3.8, 4) is 0 Å². The third-order valence-corrected chi connectivity index (χ3v) is 2.92. The minimum Gasteiger partial charge on any atom is -0.306 e. The summed E-state index contributed by atoms with van der Waals surface area (Å²) in [5.74, 6) is 0. The zero-order valence-electron chi connectivity index (χ0n) is 10.4. The van der Waals surface area contributed by atoms with Gasteiger partial charge in [-0.25, -0.2) is 0 Å². The van der Waals surface area contributed by atoms with Gasteiger partial charge in [-0.15, -0.1) is 0 Å². The Labute approximate surface area is 102 Å². The second kappa shape index (κ2) is 5.64. The molecule has 3 heteroatoms. The zero-order chi connectivity index (χ0) is 12.1. The number of rotatable bonds is 5. The van der Waals surface area contributed by atoms with Gasteiger partial charge in [0.15, 0.2) is 0 Å². The lowest BCUT2D eigenvalue weighted by Crippen LogP contribution is -2.19. The fraction of sp³-hybridized carbons (Fsp3) is 0.357. The first kappa shape index (κ1) is 11.9. The molecule has 0 bridgehead atoms. The smallest absolute Gasteiger partial charge is 0.0534 e. The molecule has 0 aliphatic carbocycles. The van der Waals surface area contributed by atoms with Crippen molar-refractivity contribution in [2.24, 2.45) is 7.05 Å². The fourth-order valence-electron chi connectivity index (χ4n) is 1.99. The molecule has 17 heavy (non-hydrogen) atoms. The molecule has 1 aromatic heterocycles. The summed E-state index contributed by atoms with van der Waals surface area (Å²) in [6, 6.07) is 11.0. The van der Waals surface area contributed by atoms with E-state index in [1.54, 1.807) is 0 Å². The van der Waals surface area contributed by atoms with E-state index in [0.717, 1.165) is 13.0 Å². The molecule has 1 N–H and O–H groups in total. The number of benzene rings is 1. The molecule has 0 spiro atoms. The highest BCUT2D eigenvalue weighted by Crippen LogP contribution is 2.16. The Kier molecular flexibility index (Phi) is 3.94. The molecule has 1 heterocycles. The van der Waals surface area contributed by atoms with E-state index in [9.17, 15) is 0 Å². The maximum atomic E-state index is 4.17. The first-order valence-electron chi connectivity index (χ1n) is 6.05. The maximum absolute atomic E-state index is 4.17. The number of nitrogens with zero attached hydrogens (tertiary/aromatic N) is 2. The molecule has 0 radical (unpaired) electrons. The predicted octanol–water partition coefficient (Wildman–Crippen LogP) is 2.66. The van der Waals surface area contributed by atoms with Crippen molar-refractivity contribution in [1.29, 1.82) is 0 Å². The molecule has 0 saturated heterocycles. The molecule has 0 aliphatic rings. The van der Waals surface area contributed by atoms with Gasteiger partial charge in [0.05, 0.1) is 6.20 Å². The van der Waals surface area contributed by atoms with Crippen LogP contribution in [0.2, 0.25) is 0 Å². The fourth-order valence-corrected chi connectivity index (χ4v) is 1.99. The third-order valence-electron chi connectivity index (χ3n) is 2.92. The number of nitrogens with one attached hydrogen (secondary N) is 1. The largest absolute Gasteiger partial charge is 0.306 e. The Morgan fingerprint density at radius 2 is 2.06 bits per heavy atom. The van der Waals surface area contributed by atoms with Gasteiger partial charge in [-0.2, -0.15) is 5.10 Å². The van der Waals surface area contributed by atoms with Gasteiger partial charge in [0.2, 0.25) is 0 Å². The molecule has 1 aromatic carbocycles. The van der Waals surface area contributed by atoms with Crippen LogP contribution in [0.1, 0.15) is 30.5 Å². The van der Waals surface area contributed by atoms with Crippen LogP contribution in [0.25, 0.3) is 0 Å². The van der Waals surface area contributed by atoms with Gasteiger partial charge < -0.3 is 5.32 Å². The number of aromatic nitrogens is 2. The average Bonchev–Trinajstić information content (AvgIpc) is 2.77. The molecular weight excluding hydrogens is 210 g/mol. The second-order valence-corrected chi connectivity index (χ2v) is 4.27. The minimum atomic E-state index is 0.413. The topological polar surface area (TPSA) is 29.9 Å². The Balaban J connectivity index is 1.97.